The maximum Gasteiger partial charge on any atom is 0.249 e. The molecule has 0 saturated heterocycles. The van der Waals surface area contributed by atoms with Gasteiger partial charge in [-0.1, -0.05) is 13.3 Å². The van der Waals surface area contributed by atoms with E-state index in [0.717, 1.165) is 38.5 Å². The minimum Gasteiger partial charge on any atom is -0.396 e. The summed E-state index contributed by atoms with van der Waals surface area (Å²) in [7, 11) is 0. The third kappa shape index (κ3) is 5.91. The minimum atomic E-state index is -0.380. The smallest absolute Gasteiger partial charge is 0.249 e. The zero-order valence-corrected chi connectivity index (χ0v) is 12.5. The number of nitrogens with one attached hydrogen (secondary N) is 1. The summed E-state index contributed by atoms with van der Waals surface area (Å²) in [6.45, 7) is 6.24. The summed E-state index contributed by atoms with van der Waals surface area (Å²) in [6.07, 6.45) is 5.77. The number of carbonyl (C=O) groups is 1. The third-order valence-electron chi connectivity index (χ3n) is 3.93. The van der Waals surface area contributed by atoms with Crippen molar-refractivity contribution in [3.63, 3.8) is 0 Å². The van der Waals surface area contributed by atoms with Gasteiger partial charge in [0.2, 0.25) is 5.91 Å². The fraction of sp³-hybridized carbons (Fsp3) is 0.933. The van der Waals surface area contributed by atoms with Crippen molar-refractivity contribution in [1.82, 2.24) is 5.32 Å². The molecule has 1 aliphatic carbocycles. The van der Waals surface area contributed by atoms with E-state index in [4.69, 9.17) is 9.84 Å². The average Bonchev–Trinajstić information content (AvgIpc) is 2.39. The molecule has 1 saturated carbocycles. The van der Waals surface area contributed by atoms with Gasteiger partial charge in [-0.25, -0.2) is 0 Å². The van der Waals surface area contributed by atoms with Crippen molar-refractivity contribution in [2.24, 2.45) is 5.92 Å². The monoisotopic (exact) mass is 271 g/mol. The SMILES string of the molecule is CCCC(C)NC(=O)C(C)OC1CCC(CO)CC1. The molecule has 0 aromatic rings. The maximum absolute atomic E-state index is 11.9. The Kier molecular flexibility index (Phi) is 7.39. The standard InChI is InChI=1S/C15H29NO3/c1-4-5-11(2)16-15(18)12(3)19-14-8-6-13(10-17)7-9-14/h11-14,17H,4-10H2,1-3H3,(H,16,18). The second kappa shape index (κ2) is 8.54. The molecule has 0 aliphatic heterocycles. The van der Waals surface area contributed by atoms with Crippen molar-refractivity contribution in [2.75, 3.05) is 6.61 Å². The Bertz CT molecular complexity index is 262. The topological polar surface area (TPSA) is 58.6 Å². The molecule has 1 fully saturated rings. The fourth-order valence-electron chi connectivity index (χ4n) is 2.67. The Morgan fingerprint density at radius 1 is 1.32 bits per heavy atom. The number of carbonyl (C=O) groups excluding carboxylic acids is 1. The molecule has 0 radical (unpaired) electrons. The van der Waals surface area contributed by atoms with Crippen LogP contribution in [-0.4, -0.2) is 35.9 Å². The zero-order valence-electron chi connectivity index (χ0n) is 12.5. The summed E-state index contributed by atoms with van der Waals surface area (Å²) >= 11 is 0. The molecule has 1 rings (SSSR count). The minimum absolute atomic E-state index is 0.00904. The van der Waals surface area contributed by atoms with Gasteiger partial charge in [-0.3, -0.25) is 4.79 Å². The lowest BCUT2D eigenvalue weighted by Gasteiger charge is -2.29. The summed E-state index contributed by atoms with van der Waals surface area (Å²) in [5, 5.41) is 12.1. The Hall–Kier alpha value is -0.610. The van der Waals surface area contributed by atoms with Gasteiger partial charge in [0.05, 0.1) is 6.10 Å². The molecule has 0 aromatic carbocycles. The third-order valence-corrected chi connectivity index (χ3v) is 3.93. The van der Waals surface area contributed by atoms with E-state index in [0.29, 0.717) is 5.92 Å². The number of amides is 1. The van der Waals surface area contributed by atoms with E-state index < -0.39 is 0 Å². The average molecular weight is 271 g/mol. The lowest BCUT2D eigenvalue weighted by molar-refractivity contribution is -0.137. The van der Waals surface area contributed by atoms with Crippen LogP contribution < -0.4 is 5.32 Å². The van der Waals surface area contributed by atoms with Gasteiger partial charge >= 0.3 is 0 Å². The van der Waals surface area contributed by atoms with Gasteiger partial charge in [0.1, 0.15) is 6.10 Å². The largest absolute Gasteiger partial charge is 0.396 e. The number of aliphatic hydroxyl groups is 1. The van der Waals surface area contributed by atoms with E-state index in [1.807, 2.05) is 13.8 Å². The molecule has 4 heteroatoms. The van der Waals surface area contributed by atoms with Crippen molar-refractivity contribution < 1.29 is 14.6 Å². The van der Waals surface area contributed by atoms with Crippen LogP contribution in [0.25, 0.3) is 0 Å². The fourth-order valence-corrected chi connectivity index (χ4v) is 2.67. The number of rotatable bonds is 7. The summed E-state index contributed by atoms with van der Waals surface area (Å²) in [5.74, 6) is 0.416. The summed E-state index contributed by atoms with van der Waals surface area (Å²) in [5.41, 5.74) is 0. The molecular weight excluding hydrogens is 242 g/mol. The van der Waals surface area contributed by atoms with Crippen LogP contribution in [0.5, 0.6) is 0 Å². The molecule has 0 heterocycles. The van der Waals surface area contributed by atoms with Crippen LogP contribution in [0.4, 0.5) is 0 Å². The number of aliphatic hydroxyl groups excluding tert-OH is 1. The van der Waals surface area contributed by atoms with Crippen molar-refractivity contribution in [1.29, 1.82) is 0 Å². The van der Waals surface area contributed by atoms with E-state index in [9.17, 15) is 4.79 Å². The first-order chi connectivity index (χ1) is 9.06. The van der Waals surface area contributed by atoms with Crippen molar-refractivity contribution in [2.45, 2.75) is 77.5 Å². The van der Waals surface area contributed by atoms with Crippen LogP contribution in [0.15, 0.2) is 0 Å². The van der Waals surface area contributed by atoms with Gasteiger partial charge in [-0.2, -0.15) is 0 Å². The first-order valence-corrected chi connectivity index (χ1v) is 7.63. The number of hydrogen-bond donors (Lipinski definition) is 2. The van der Waals surface area contributed by atoms with Gasteiger partial charge in [-0.05, 0) is 51.9 Å². The first-order valence-electron chi connectivity index (χ1n) is 7.63. The summed E-state index contributed by atoms with van der Waals surface area (Å²) in [6, 6.07) is 0.216. The molecule has 1 aliphatic rings. The molecule has 0 bridgehead atoms. The molecular formula is C15H29NO3. The molecule has 2 N–H and O–H groups in total. The van der Waals surface area contributed by atoms with Crippen molar-refractivity contribution in [3.05, 3.63) is 0 Å². The van der Waals surface area contributed by atoms with Crippen molar-refractivity contribution >= 4 is 5.91 Å². The lowest BCUT2D eigenvalue weighted by Crippen LogP contribution is -2.41. The van der Waals surface area contributed by atoms with Gasteiger partial charge < -0.3 is 15.2 Å². The summed E-state index contributed by atoms with van der Waals surface area (Å²) < 4.78 is 5.83. The van der Waals surface area contributed by atoms with E-state index >= 15 is 0 Å². The van der Waals surface area contributed by atoms with Crippen molar-refractivity contribution in [3.8, 4) is 0 Å². The molecule has 0 aromatic heterocycles. The maximum atomic E-state index is 11.9. The van der Waals surface area contributed by atoms with Crippen LogP contribution in [0, 0.1) is 5.92 Å². The second-order valence-electron chi connectivity index (χ2n) is 5.80. The molecule has 2 unspecified atom stereocenters. The van der Waals surface area contributed by atoms with Crippen LogP contribution >= 0.6 is 0 Å². The lowest BCUT2D eigenvalue weighted by atomic mass is 9.88. The van der Waals surface area contributed by atoms with Gasteiger partial charge in [0.25, 0.3) is 0 Å². The Morgan fingerprint density at radius 3 is 2.47 bits per heavy atom. The molecule has 2 atom stereocenters. The van der Waals surface area contributed by atoms with E-state index in [1.165, 1.54) is 0 Å². The van der Waals surface area contributed by atoms with E-state index in [2.05, 4.69) is 12.2 Å². The second-order valence-corrected chi connectivity index (χ2v) is 5.80. The normalized spacial score (nSPS) is 26.7. The molecule has 0 spiro atoms. The highest BCUT2D eigenvalue weighted by Crippen LogP contribution is 2.26. The predicted octanol–water partition coefficient (Wildman–Crippen LogP) is 2.25. The van der Waals surface area contributed by atoms with Gasteiger partial charge in [-0.15, -0.1) is 0 Å². The van der Waals surface area contributed by atoms with E-state index in [1.54, 1.807) is 0 Å². The van der Waals surface area contributed by atoms with Crippen LogP contribution in [0.2, 0.25) is 0 Å². The van der Waals surface area contributed by atoms with Gasteiger partial charge in [0, 0.05) is 12.6 Å². The molecule has 19 heavy (non-hydrogen) atoms. The number of ether oxygens (including phenoxy) is 1. The highest BCUT2D eigenvalue weighted by atomic mass is 16.5. The zero-order chi connectivity index (χ0) is 14.3. The molecule has 112 valence electrons. The first kappa shape index (κ1) is 16.4. The highest BCUT2D eigenvalue weighted by Gasteiger charge is 2.25. The quantitative estimate of drug-likeness (QED) is 0.746. The highest BCUT2D eigenvalue weighted by molar-refractivity contribution is 5.80. The molecule has 1 amide bonds. The Labute approximate surface area is 116 Å². The number of hydrogen-bond acceptors (Lipinski definition) is 3. The Balaban J connectivity index is 2.26. The Morgan fingerprint density at radius 2 is 1.95 bits per heavy atom. The van der Waals surface area contributed by atoms with E-state index in [-0.39, 0.29) is 30.8 Å². The van der Waals surface area contributed by atoms with Gasteiger partial charge in [0.15, 0.2) is 0 Å². The van der Waals surface area contributed by atoms with Crippen LogP contribution in [0.1, 0.15) is 59.3 Å². The van der Waals surface area contributed by atoms with Crippen LogP contribution in [0.3, 0.4) is 0 Å². The molecule has 4 nitrogen and oxygen atoms in total. The van der Waals surface area contributed by atoms with Crippen LogP contribution in [-0.2, 0) is 9.53 Å². The predicted molar refractivity (Wildman–Crippen MR) is 75.9 cm³/mol. The summed E-state index contributed by atoms with van der Waals surface area (Å²) in [4.78, 5) is 11.9.